The van der Waals surface area contributed by atoms with Crippen LogP contribution in [0.25, 0.3) is 0 Å². The highest BCUT2D eigenvalue weighted by molar-refractivity contribution is 8.15. The predicted octanol–water partition coefficient (Wildman–Crippen LogP) is 2.40. The molecule has 0 unspecified atom stereocenters. The van der Waals surface area contributed by atoms with E-state index in [0.717, 1.165) is 36.3 Å². The molecular formula is C18H23N3O3S. The lowest BCUT2D eigenvalue weighted by Crippen LogP contribution is -2.28. The Morgan fingerprint density at radius 3 is 2.84 bits per heavy atom. The van der Waals surface area contributed by atoms with Gasteiger partial charge in [-0.2, -0.15) is 0 Å². The number of hydrogen-bond acceptors (Lipinski definition) is 5. The molecule has 0 radical (unpaired) electrons. The van der Waals surface area contributed by atoms with Gasteiger partial charge >= 0.3 is 0 Å². The van der Waals surface area contributed by atoms with E-state index in [9.17, 15) is 9.59 Å². The van der Waals surface area contributed by atoms with Crippen LogP contribution in [0.1, 0.15) is 30.4 Å². The number of nitrogens with one attached hydrogen (secondary N) is 2. The van der Waals surface area contributed by atoms with Crippen LogP contribution in [0.2, 0.25) is 0 Å². The molecule has 0 saturated carbocycles. The van der Waals surface area contributed by atoms with Gasteiger partial charge in [0.1, 0.15) is 5.25 Å². The van der Waals surface area contributed by atoms with Gasteiger partial charge < -0.3 is 15.4 Å². The summed E-state index contributed by atoms with van der Waals surface area (Å²) in [5, 5.41) is 5.83. The summed E-state index contributed by atoms with van der Waals surface area (Å²) in [5.41, 5.74) is 2.84. The zero-order valence-electron chi connectivity index (χ0n) is 14.5. The lowest BCUT2D eigenvalue weighted by Gasteiger charge is -2.12. The number of benzene rings is 1. The zero-order valence-corrected chi connectivity index (χ0v) is 15.3. The Morgan fingerprint density at radius 2 is 2.16 bits per heavy atom. The molecule has 2 heterocycles. The number of ether oxygens (including phenoxy) is 1. The Bertz CT molecular complexity index is 679. The molecular weight excluding hydrogens is 338 g/mol. The van der Waals surface area contributed by atoms with Gasteiger partial charge in [-0.15, -0.1) is 0 Å². The number of amides is 2. The molecule has 2 fully saturated rings. The standard InChI is InChI=1S/C18H23N3O3S/c1-11-5-3-6-12(2)16(11)20-15(22)9-14-17(23)21-18(25-14)19-10-13-7-4-8-24-13/h3,5-6,13-14H,4,7-10H2,1-2H3,(H,20,22)(H,19,21,23)/t13-,14-/m1/s1. The molecule has 0 aliphatic carbocycles. The number of hydrogen-bond donors (Lipinski definition) is 2. The number of aryl methyl sites for hydroxylation is 2. The fraction of sp³-hybridized carbons (Fsp3) is 0.500. The van der Waals surface area contributed by atoms with Crippen molar-refractivity contribution in [2.24, 2.45) is 4.99 Å². The Kier molecular flexibility index (Phi) is 5.75. The molecule has 6 nitrogen and oxygen atoms in total. The Labute approximate surface area is 151 Å². The van der Waals surface area contributed by atoms with Crippen molar-refractivity contribution in [2.45, 2.75) is 44.5 Å². The molecule has 2 saturated heterocycles. The van der Waals surface area contributed by atoms with E-state index in [4.69, 9.17) is 4.74 Å². The molecule has 1 aromatic carbocycles. The van der Waals surface area contributed by atoms with Crippen LogP contribution in [-0.2, 0) is 14.3 Å². The van der Waals surface area contributed by atoms with Gasteiger partial charge in [0.2, 0.25) is 11.8 Å². The van der Waals surface area contributed by atoms with Crippen molar-refractivity contribution in [3.05, 3.63) is 29.3 Å². The lowest BCUT2D eigenvalue weighted by molar-refractivity contribution is -0.122. The summed E-state index contributed by atoms with van der Waals surface area (Å²) in [6.07, 6.45) is 2.35. The van der Waals surface area contributed by atoms with Crippen LogP contribution in [0.4, 0.5) is 5.69 Å². The third-order valence-corrected chi connectivity index (χ3v) is 5.47. The highest BCUT2D eigenvalue weighted by Crippen LogP contribution is 2.25. The Balaban J connectivity index is 1.54. The minimum atomic E-state index is -0.437. The van der Waals surface area contributed by atoms with Crippen LogP contribution in [0.15, 0.2) is 23.2 Å². The molecule has 2 aliphatic rings. The van der Waals surface area contributed by atoms with Crippen LogP contribution >= 0.6 is 11.8 Å². The predicted molar refractivity (Wildman–Crippen MR) is 100.0 cm³/mol. The molecule has 2 N–H and O–H groups in total. The van der Waals surface area contributed by atoms with Gasteiger partial charge in [0.25, 0.3) is 0 Å². The van der Waals surface area contributed by atoms with Crippen LogP contribution in [0.3, 0.4) is 0 Å². The number of carbonyl (C=O) groups is 2. The summed E-state index contributed by atoms with van der Waals surface area (Å²) in [7, 11) is 0. The third kappa shape index (κ3) is 4.61. The van der Waals surface area contributed by atoms with E-state index < -0.39 is 5.25 Å². The molecule has 134 valence electrons. The largest absolute Gasteiger partial charge is 0.376 e. The summed E-state index contributed by atoms with van der Waals surface area (Å²) in [5.74, 6) is -0.321. The normalized spacial score (nSPS) is 24.6. The van der Waals surface area contributed by atoms with Crippen molar-refractivity contribution in [1.29, 1.82) is 0 Å². The first kappa shape index (κ1) is 17.9. The average molecular weight is 361 g/mol. The number of aliphatic imine (C=N–C) groups is 1. The average Bonchev–Trinajstić information content (AvgIpc) is 3.19. The van der Waals surface area contributed by atoms with Gasteiger partial charge in [0.05, 0.1) is 12.6 Å². The van der Waals surface area contributed by atoms with Crippen LogP contribution in [0.5, 0.6) is 0 Å². The molecule has 25 heavy (non-hydrogen) atoms. The first-order valence-electron chi connectivity index (χ1n) is 8.52. The van der Waals surface area contributed by atoms with E-state index >= 15 is 0 Å². The fourth-order valence-corrected chi connectivity index (χ4v) is 3.94. The Hall–Kier alpha value is -1.86. The van der Waals surface area contributed by atoms with Crippen molar-refractivity contribution >= 4 is 34.4 Å². The topological polar surface area (TPSA) is 79.8 Å². The zero-order chi connectivity index (χ0) is 17.8. The van der Waals surface area contributed by atoms with Crippen LogP contribution < -0.4 is 10.6 Å². The first-order valence-corrected chi connectivity index (χ1v) is 9.40. The SMILES string of the molecule is Cc1cccc(C)c1NC(=O)C[C@H]1SC(=NC[C@H]2CCCO2)NC1=O. The number of para-hydroxylation sites is 1. The summed E-state index contributed by atoms with van der Waals surface area (Å²) in [6, 6.07) is 5.86. The smallest absolute Gasteiger partial charge is 0.240 e. The first-order chi connectivity index (χ1) is 12.0. The molecule has 2 aliphatic heterocycles. The lowest BCUT2D eigenvalue weighted by atomic mass is 10.1. The summed E-state index contributed by atoms with van der Waals surface area (Å²) in [6.45, 7) is 5.26. The van der Waals surface area contributed by atoms with Gasteiger partial charge in [0.15, 0.2) is 5.17 Å². The molecule has 0 aromatic heterocycles. The minimum absolute atomic E-state index is 0.128. The minimum Gasteiger partial charge on any atom is -0.376 e. The molecule has 1 aromatic rings. The van der Waals surface area contributed by atoms with E-state index in [1.807, 2.05) is 32.0 Å². The van der Waals surface area contributed by atoms with Crippen LogP contribution in [0, 0.1) is 13.8 Å². The fourth-order valence-electron chi connectivity index (χ4n) is 2.96. The number of nitrogens with zero attached hydrogens (tertiary/aromatic N) is 1. The summed E-state index contributed by atoms with van der Waals surface area (Å²) >= 11 is 1.32. The molecule has 2 atom stereocenters. The van der Waals surface area contributed by atoms with Crippen molar-refractivity contribution in [3.8, 4) is 0 Å². The molecule has 7 heteroatoms. The van der Waals surface area contributed by atoms with E-state index in [0.29, 0.717) is 11.7 Å². The van der Waals surface area contributed by atoms with Gasteiger partial charge in [-0.1, -0.05) is 30.0 Å². The highest BCUT2D eigenvalue weighted by Gasteiger charge is 2.32. The van der Waals surface area contributed by atoms with Gasteiger partial charge in [-0.05, 0) is 37.8 Å². The second-order valence-electron chi connectivity index (χ2n) is 6.40. The number of rotatable bonds is 5. The quantitative estimate of drug-likeness (QED) is 0.844. The third-order valence-electron chi connectivity index (χ3n) is 4.36. The van der Waals surface area contributed by atoms with Crippen LogP contribution in [-0.4, -0.2) is 41.5 Å². The number of anilines is 1. The monoisotopic (exact) mass is 361 g/mol. The molecule has 2 amide bonds. The number of amidine groups is 1. The Morgan fingerprint density at radius 1 is 1.40 bits per heavy atom. The number of carbonyl (C=O) groups excluding carboxylic acids is 2. The van der Waals surface area contributed by atoms with Crippen molar-refractivity contribution in [2.75, 3.05) is 18.5 Å². The maximum Gasteiger partial charge on any atom is 0.240 e. The second-order valence-corrected chi connectivity index (χ2v) is 7.59. The molecule has 0 spiro atoms. The van der Waals surface area contributed by atoms with Gasteiger partial charge in [-0.3, -0.25) is 14.6 Å². The van der Waals surface area contributed by atoms with Gasteiger partial charge in [0, 0.05) is 18.7 Å². The molecule has 0 bridgehead atoms. The highest BCUT2D eigenvalue weighted by atomic mass is 32.2. The summed E-state index contributed by atoms with van der Waals surface area (Å²) < 4.78 is 5.53. The van der Waals surface area contributed by atoms with E-state index in [1.165, 1.54) is 11.8 Å². The number of thioether (sulfide) groups is 1. The van der Waals surface area contributed by atoms with Crippen molar-refractivity contribution in [1.82, 2.24) is 5.32 Å². The van der Waals surface area contributed by atoms with Crippen molar-refractivity contribution in [3.63, 3.8) is 0 Å². The summed E-state index contributed by atoms with van der Waals surface area (Å²) in [4.78, 5) is 28.8. The second kappa shape index (κ2) is 8.01. The van der Waals surface area contributed by atoms with E-state index in [1.54, 1.807) is 0 Å². The maximum absolute atomic E-state index is 12.3. The van der Waals surface area contributed by atoms with Crippen molar-refractivity contribution < 1.29 is 14.3 Å². The van der Waals surface area contributed by atoms with Gasteiger partial charge in [-0.25, -0.2) is 0 Å². The molecule has 3 rings (SSSR count). The van der Waals surface area contributed by atoms with E-state index in [2.05, 4.69) is 15.6 Å². The van der Waals surface area contributed by atoms with E-state index in [-0.39, 0.29) is 24.3 Å². The maximum atomic E-state index is 12.3.